The van der Waals surface area contributed by atoms with Crippen molar-refractivity contribution in [1.82, 2.24) is 0 Å². The third-order valence-corrected chi connectivity index (χ3v) is 2.02. The smallest absolute Gasteiger partial charge is 0.328 e. The van der Waals surface area contributed by atoms with Crippen LogP contribution < -0.4 is 0 Å². The molecule has 0 saturated heterocycles. The van der Waals surface area contributed by atoms with Crippen molar-refractivity contribution in [3.8, 4) is 0 Å². The van der Waals surface area contributed by atoms with Gasteiger partial charge in [-0.2, -0.15) is 0 Å². The van der Waals surface area contributed by atoms with Gasteiger partial charge in [-0.15, -0.1) is 0 Å². The van der Waals surface area contributed by atoms with Crippen LogP contribution in [0.15, 0.2) is 30.3 Å². The Morgan fingerprint density at radius 3 is 2.47 bits per heavy atom. The van der Waals surface area contributed by atoms with Crippen molar-refractivity contribution in [2.24, 2.45) is 0 Å². The van der Waals surface area contributed by atoms with Crippen molar-refractivity contribution in [1.29, 1.82) is 0 Å². The molecule has 0 aliphatic heterocycles. The van der Waals surface area contributed by atoms with E-state index in [1.165, 1.54) is 0 Å². The molecule has 1 aromatic carbocycles. The van der Waals surface area contributed by atoms with Gasteiger partial charge in [0, 0.05) is 12.7 Å². The highest BCUT2D eigenvalue weighted by Crippen LogP contribution is 2.07. The Morgan fingerprint density at radius 2 is 1.93 bits per heavy atom. The fraction of sp³-hybridized carbons (Fsp3) is 0.250. The lowest BCUT2D eigenvalue weighted by molar-refractivity contribution is -0.131. The van der Waals surface area contributed by atoms with Crippen LogP contribution in [-0.4, -0.2) is 22.8 Å². The number of benzene rings is 1. The third-order valence-electron chi connectivity index (χ3n) is 2.02. The van der Waals surface area contributed by atoms with Crippen molar-refractivity contribution < 1.29 is 15.0 Å². The van der Waals surface area contributed by atoms with Crippen LogP contribution in [-0.2, 0) is 11.2 Å². The summed E-state index contributed by atoms with van der Waals surface area (Å²) >= 11 is 0. The molecule has 0 aliphatic carbocycles. The first-order chi connectivity index (χ1) is 7.22. The Balaban J connectivity index is 2.60. The van der Waals surface area contributed by atoms with E-state index in [1.54, 1.807) is 6.08 Å². The summed E-state index contributed by atoms with van der Waals surface area (Å²) in [7, 11) is 0. The number of rotatable bonds is 5. The Bertz CT molecular complexity index is 338. The minimum atomic E-state index is -0.945. The zero-order chi connectivity index (χ0) is 11.1. The molecule has 2 N–H and O–H groups in total. The van der Waals surface area contributed by atoms with E-state index in [0.717, 1.165) is 30.0 Å². The standard InChI is InChI=1S/C12H14O3/c13-9-1-2-10-3-5-11(6-4-10)7-8-12(14)15/h3-8,13H,1-2,9H2,(H,14,15)/b8-7+. The average Bonchev–Trinajstić information content (AvgIpc) is 2.25. The molecule has 1 aromatic rings. The van der Waals surface area contributed by atoms with E-state index in [4.69, 9.17) is 10.2 Å². The van der Waals surface area contributed by atoms with Crippen LogP contribution in [0.1, 0.15) is 17.5 Å². The minimum absolute atomic E-state index is 0.195. The largest absolute Gasteiger partial charge is 0.478 e. The summed E-state index contributed by atoms with van der Waals surface area (Å²) in [6.45, 7) is 0.195. The maximum Gasteiger partial charge on any atom is 0.328 e. The van der Waals surface area contributed by atoms with Crippen LogP contribution in [0.5, 0.6) is 0 Å². The molecule has 15 heavy (non-hydrogen) atoms. The summed E-state index contributed by atoms with van der Waals surface area (Å²) in [6.07, 6.45) is 4.27. The molecule has 0 heterocycles. The zero-order valence-electron chi connectivity index (χ0n) is 8.39. The molecule has 0 aromatic heterocycles. The van der Waals surface area contributed by atoms with E-state index in [1.807, 2.05) is 24.3 Å². The normalized spacial score (nSPS) is 10.7. The minimum Gasteiger partial charge on any atom is -0.478 e. The monoisotopic (exact) mass is 206 g/mol. The van der Waals surface area contributed by atoms with Crippen LogP contribution in [0.25, 0.3) is 6.08 Å². The average molecular weight is 206 g/mol. The molecular weight excluding hydrogens is 192 g/mol. The van der Waals surface area contributed by atoms with Gasteiger partial charge in [-0.05, 0) is 30.0 Å². The second-order valence-electron chi connectivity index (χ2n) is 3.24. The number of hydrogen-bond donors (Lipinski definition) is 2. The van der Waals surface area contributed by atoms with Gasteiger partial charge in [-0.25, -0.2) is 4.79 Å². The Kier molecular flexibility index (Phi) is 4.57. The maximum atomic E-state index is 10.3. The molecule has 0 saturated carbocycles. The van der Waals surface area contributed by atoms with Gasteiger partial charge < -0.3 is 10.2 Å². The SMILES string of the molecule is O=C(O)/C=C/c1ccc(CCCO)cc1. The third kappa shape index (κ3) is 4.42. The number of carbonyl (C=O) groups is 1. The van der Waals surface area contributed by atoms with Gasteiger partial charge in [0.05, 0.1) is 0 Å². The zero-order valence-corrected chi connectivity index (χ0v) is 8.39. The first-order valence-corrected chi connectivity index (χ1v) is 4.83. The number of aliphatic hydroxyl groups excluding tert-OH is 1. The first kappa shape index (κ1) is 11.5. The first-order valence-electron chi connectivity index (χ1n) is 4.83. The van der Waals surface area contributed by atoms with Crippen molar-refractivity contribution in [3.05, 3.63) is 41.5 Å². The van der Waals surface area contributed by atoms with Gasteiger partial charge in [0.15, 0.2) is 0 Å². The molecule has 3 heteroatoms. The predicted octanol–water partition coefficient (Wildman–Crippen LogP) is 1.71. The van der Waals surface area contributed by atoms with Crippen molar-refractivity contribution in [2.75, 3.05) is 6.61 Å². The van der Waals surface area contributed by atoms with Gasteiger partial charge in [0.1, 0.15) is 0 Å². The summed E-state index contributed by atoms with van der Waals surface area (Å²) in [6, 6.07) is 7.62. The second-order valence-corrected chi connectivity index (χ2v) is 3.24. The van der Waals surface area contributed by atoms with E-state index in [9.17, 15) is 4.79 Å². The van der Waals surface area contributed by atoms with Crippen LogP contribution in [0, 0.1) is 0 Å². The fourth-order valence-corrected chi connectivity index (χ4v) is 1.25. The van der Waals surface area contributed by atoms with Crippen LogP contribution >= 0.6 is 0 Å². The van der Waals surface area contributed by atoms with Gasteiger partial charge in [0.25, 0.3) is 0 Å². The predicted molar refractivity (Wildman–Crippen MR) is 58.5 cm³/mol. The van der Waals surface area contributed by atoms with Gasteiger partial charge in [0.2, 0.25) is 0 Å². The molecule has 0 radical (unpaired) electrons. The molecule has 0 fully saturated rings. The molecule has 0 bridgehead atoms. The molecule has 0 amide bonds. The van der Waals surface area contributed by atoms with Crippen LogP contribution in [0.2, 0.25) is 0 Å². The Labute approximate surface area is 88.7 Å². The number of aryl methyl sites for hydroxylation is 1. The van der Waals surface area contributed by atoms with E-state index in [0.29, 0.717) is 0 Å². The molecule has 0 atom stereocenters. The highest BCUT2D eigenvalue weighted by atomic mass is 16.4. The summed E-state index contributed by atoms with van der Waals surface area (Å²) in [4.78, 5) is 10.3. The van der Waals surface area contributed by atoms with Crippen molar-refractivity contribution in [2.45, 2.75) is 12.8 Å². The van der Waals surface area contributed by atoms with Crippen LogP contribution in [0.3, 0.4) is 0 Å². The molecular formula is C12H14O3. The number of hydrogen-bond acceptors (Lipinski definition) is 2. The number of aliphatic carboxylic acids is 1. The quantitative estimate of drug-likeness (QED) is 0.721. The molecule has 80 valence electrons. The molecule has 1 rings (SSSR count). The topological polar surface area (TPSA) is 57.5 Å². The van der Waals surface area contributed by atoms with E-state index < -0.39 is 5.97 Å². The number of aliphatic hydroxyl groups is 1. The number of carboxylic acids is 1. The highest BCUT2D eigenvalue weighted by Gasteiger charge is 1.93. The Hall–Kier alpha value is -1.61. The van der Waals surface area contributed by atoms with Gasteiger partial charge >= 0.3 is 5.97 Å². The lowest BCUT2D eigenvalue weighted by Crippen LogP contribution is -1.89. The second kappa shape index (κ2) is 5.98. The number of carboxylic acid groups (broad SMARTS) is 1. The summed E-state index contributed by atoms with van der Waals surface area (Å²) in [5.74, 6) is -0.945. The van der Waals surface area contributed by atoms with E-state index >= 15 is 0 Å². The molecule has 0 unspecified atom stereocenters. The lowest BCUT2D eigenvalue weighted by atomic mass is 10.1. The fourth-order valence-electron chi connectivity index (χ4n) is 1.25. The summed E-state index contributed by atoms with van der Waals surface area (Å²) < 4.78 is 0. The van der Waals surface area contributed by atoms with Crippen molar-refractivity contribution in [3.63, 3.8) is 0 Å². The van der Waals surface area contributed by atoms with Crippen molar-refractivity contribution >= 4 is 12.0 Å². The van der Waals surface area contributed by atoms with E-state index in [-0.39, 0.29) is 6.61 Å². The van der Waals surface area contributed by atoms with E-state index in [2.05, 4.69) is 0 Å². The summed E-state index contributed by atoms with van der Waals surface area (Å²) in [5, 5.41) is 17.1. The molecule has 3 nitrogen and oxygen atoms in total. The molecule has 0 spiro atoms. The molecule has 0 aliphatic rings. The van der Waals surface area contributed by atoms with Gasteiger partial charge in [-0.3, -0.25) is 0 Å². The maximum absolute atomic E-state index is 10.3. The van der Waals surface area contributed by atoms with Crippen LogP contribution in [0.4, 0.5) is 0 Å². The Morgan fingerprint density at radius 1 is 1.27 bits per heavy atom. The lowest BCUT2D eigenvalue weighted by Gasteiger charge is -1.99. The summed E-state index contributed by atoms with van der Waals surface area (Å²) in [5.41, 5.74) is 2.02. The highest BCUT2D eigenvalue weighted by molar-refractivity contribution is 5.85. The van der Waals surface area contributed by atoms with Gasteiger partial charge in [-0.1, -0.05) is 24.3 Å².